The van der Waals surface area contributed by atoms with E-state index in [-0.39, 0.29) is 23.0 Å². The van der Waals surface area contributed by atoms with Crippen molar-refractivity contribution in [1.29, 1.82) is 0 Å². The zero-order valence-corrected chi connectivity index (χ0v) is 20.9. The molecule has 4 aromatic rings. The van der Waals surface area contributed by atoms with Gasteiger partial charge in [0.15, 0.2) is 5.15 Å². The van der Waals surface area contributed by atoms with Gasteiger partial charge in [-0.25, -0.2) is 13.4 Å². The van der Waals surface area contributed by atoms with Crippen LogP contribution in [-0.4, -0.2) is 70.2 Å². The van der Waals surface area contributed by atoms with Crippen molar-refractivity contribution in [2.24, 2.45) is 0 Å². The average Bonchev–Trinajstić information content (AvgIpc) is 3.42. The standard InChI is InChI=1S/C22H24ClN7O4S/c1-12-9-30(10-13(2)33-12)11-20-27-28-22(34-20)16-4-14(5-18-17(16)8-25-26-18)15-6-19(21(23)24-7-15)29-35(3,31)32/h4-8,12-13,29H,9-11H2,1-3H3,(H,25,26)/t12-,13?/m0/s1. The lowest BCUT2D eigenvalue weighted by atomic mass is 10.0. The van der Waals surface area contributed by atoms with Crippen LogP contribution in [0.25, 0.3) is 33.5 Å². The maximum absolute atomic E-state index is 11.7. The van der Waals surface area contributed by atoms with Crippen LogP contribution >= 0.6 is 11.6 Å². The number of ether oxygens (including phenoxy) is 1. The highest BCUT2D eigenvalue weighted by Gasteiger charge is 2.24. The number of anilines is 1. The Hall–Kier alpha value is -3.06. The van der Waals surface area contributed by atoms with Crippen LogP contribution in [0.4, 0.5) is 5.69 Å². The number of fused-ring (bicyclic) bond motifs is 1. The first-order chi connectivity index (χ1) is 16.6. The van der Waals surface area contributed by atoms with Crippen molar-refractivity contribution in [3.05, 3.63) is 41.6 Å². The quantitative estimate of drug-likeness (QED) is 0.368. The van der Waals surface area contributed by atoms with Gasteiger partial charge < -0.3 is 9.15 Å². The molecule has 1 aromatic carbocycles. The van der Waals surface area contributed by atoms with Gasteiger partial charge in [-0.15, -0.1) is 10.2 Å². The molecule has 0 spiro atoms. The largest absolute Gasteiger partial charge is 0.419 e. The molecular formula is C22H24ClN7O4S. The van der Waals surface area contributed by atoms with Crippen molar-refractivity contribution in [3.8, 4) is 22.6 Å². The summed E-state index contributed by atoms with van der Waals surface area (Å²) >= 11 is 6.10. The SMILES string of the molecule is CC1CN(Cc2nnc(-c3cc(-c4cnc(Cl)c(NS(C)(=O)=O)c4)cc4[nH]ncc34)o2)C[C@H](C)O1. The van der Waals surface area contributed by atoms with Crippen LogP contribution < -0.4 is 4.72 Å². The minimum Gasteiger partial charge on any atom is -0.419 e. The molecule has 184 valence electrons. The van der Waals surface area contributed by atoms with Crippen molar-refractivity contribution in [1.82, 2.24) is 30.3 Å². The van der Waals surface area contributed by atoms with Gasteiger partial charge in [-0.3, -0.25) is 14.7 Å². The van der Waals surface area contributed by atoms with Crippen LogP contribution in [0.1, 0.15) is 19.7 Å². The summed E-state index contributed by atoms with van der Waals surface area (Å²) in [6.45, 7) is 6.20. The Kier molecular flexibility index (Phi) is 6.21. The number of sulfonamides is 1. The first-order valence-electron chi connectivity index (χ1n) is 11.0. The second-order valence-electron chi connectivity index (χ2n) is 8.74. The summed E-state index contributed by atoms with van der Waals surface area (Å²) in [5.41, 5.74) is 3.02. The molecule has 11 nitrogen and oxygen atoms in total. The van der Waals surface area contributed by atoms with Gasteiger partial charge in [0.05, 0.1) is 48.0 Å². The second kappa shape index (κ2) is 9.19. The van der Waals surface area contributed by atoms with Crippen LogP contribution in [0.2, 0.25) is 5.15 Å². The predicted molar refractivity (Wildman–Crippen MR) is 131 cm³/mol. The molecule has 1 saturated heterocycles. The lowest BCUT2D eigenvalue weighted by Crippen LogP contribution is -2.44. The Morgan fingerprint density at radius 2 is 1.91 bits per heavy atom. The third-order valence-electron chi connectivity index (χ3n) is 5.58. The summed E-state index contributed by atoms with van der Waals surface area (Å²) in [4.78, 5) is 6.37. The number of hydrogen-bond acceptors (Lipinski definition) is 9. The third-order valence-corrected chi connectivity index (χ3v) is 6.47. The number of benzene rings is 1. The van der Waals surface area contributed by atoms with Crippen molar-refractivity contribution in [2.75, 3.05) is 24.1 Å². The van der Waals surface area contributed by atoms with E-state index in [9.17, 15) is 8.42 Å². The number of aromatic amines is 1. The molecule has 1 aliphatic rings. The Morgan fingerprint density at radius 3 is 2.66 bits per heavy atom. The fourth-order valence-electron chi connectivity index (χ4n) is 4.30. The van der Waals surface area contributed by atoms with Crippen LogP contribution in [-0.2, 0) is 21.3 Å². The van der Waals surface area contributed by atoms with Gasteiger partial charge in [0, 0.05) is 30.2 Å². The molecular weight excluding hydrogens is 494 g/mol. The van der Waals surface area contributed by atoms with E-state index >= 15 is 0 Å². The summed E-state index contributed by atoms with van der Waals surface area (Å²) in [6.07, 6.45) is 4.59. The van der Waals surface area contributed by atoms with E-state index in [0.29, 0.717) is 29.5 Å². The number of rotatable bonds is 6. The fraction of sp³-hybridized carbons (Fsp3) is 0.364. The Labute approximate surface area is 206 Å². The summed E-state index contributed by atoms with van der Waals surface area (Å²) in [5, 5.41) is 16.5. The van der Waals surface area contributed by atoms with Crippen molar-refractivity contribution < 1.29 is 17.6 Å². The third kappa shape index (κ3) is 5.30. The Morgan fingerprint density at radius 1 is 1.14 bits per heavy atom. The van der Waals surface area contributed by atoms with Crippen molar-refractivity contribution in [3.63, 3.8) is 0 Å². The molecule has 5 rings (SSSR count). The topological polar surface area (TPSA) is 139 Å². The highest BCUT2D eigenvalue weighted by Crippen LogP contribution is 2.34. The minimum atomic E-state index is -3.53. The van der Waals surface area contributed by atoms with E-state index in [2.05, 4.69) is 35.0 Å². The number of morpholine rings is 1. The van der Waals surface area contributed by atoms with Gasteiger partial charge in [-0.05, 0) is 37.6 Å². The highest BCUT2D eigenvalue weighted by molar-refractivity contribution is 7.92. The van der Waals surface area contributed by atoms with Gasteiger partial charge in [0.1, 0.15) is 0 Å². The molecule has 1 aliphatic heterocycles. The lowest BCUT2D eigenvalue weighted by Gasteiger charge is -2.34. The molecule has 1 unspecified atom stereocenters. The number of hydrogen-bond donors (Lipinski definition) is 2. The molecule has 0 saturated carbocycles. The molecule has 4 heterocycles. The Bertz CT molecular complexity index is 1480. The zero-order chi connectivity index (χ0) is 24.7. The van der Waals surface area contributed by atoms with Crippen molar-refractivity contribution in [2.45, 2.75) is 32.6 Å². The van der Waals surface area contributed by atoms with Crippen LogP contribution in [0.5, 0.6) is 0 Å². The molecule has 35 heavy (non-hydrogen) atoms. The van der Waals surface area contributed by atoms with Gasteiger partial charge in [-0.2, -0.15) is 5.10 Å². The number of nitrogens with one attached hydrogen (secondary N) is 2. The number of nitrogens with zero attached hydrogens (tertiary/aromatic N) is 5. The van der Waals surface area contributed by atoms with E-state index in [4.69, 9.17) is 20.8 Å². The maximum Gasteiger partial charge on any atom is 0.248 e. The molecule has 0 bridgehead atoms. The molecule has 0 radical (unpaired) electrons. The monoisotopic (exact) mass is 517 g/mol. The first-order valence-corrected chi connectivity index (χ1v) is 13.2. The van der Waals surface area contributed by atoms with Gasteiger partial charge in [0.25, 0.3) is 0 Å². The van der Waals surface area contributed by atoms with Crippen LogP contribution in [0.15, 0.2) is 35.0 Å². The van der Waals surface area contributed by atoms with E-state index in [1.807, 2.05) is 26.0 Å². The normalized spacial score (nSPS) is 19.3. The number of halogens is 1. The highest BCUT2D eigenvalue weighted by atomic mass is 35.5. The molecule has 0 amide bonds. The molecule has 3 aromatic heterocycles. The molecule has 2 N–H and O–H groups in total. The van der Waals surface area contributed by atoms with Gasteiger partial charge >= 0.3 is 0 Å². The van der Waals surface area contributed by atoms with Crippen LogP contribution in [0.3, 0.4) is 0 Å². The molecule has 13 heteroatoms. The van der Waals surface area contributed by atoms with Crippen LogP contribution in [0, 0.1) is 0 Å². The summed E-state index contributed by atoms with van der Waals surface area (Å²) in [7, 11) is -3.53. The summed E-state index contributed by atoms with van der Waals surface area (Å²) < 4.78 is 37.7. The van der Waals surface area contributed by atoms with E-state index in [1.165, 1.54) is 0 Å². The summed E-state index contributed by atoms with van der Waals surface area (Å²) in [6, 6.07) is 5.38. The van der Waals surface area contributed by atoms with E-state index < -0.39 is 10.0 Å². The van der Waals surface area contributed by atoms with Gasteiger partial charge in [-0.1, -0.05) is 11.6 Å². The molecule has 0 aliphatic carbocycles. The van der Waals surface area contributed by atoms with E-state index in [0.717, 1.165) is 35.8 Å². The smallest absolute Gasteiger partial charge is 0.248 e. The number of aromatic nitrogens is 5. The average molecular weight is 518 g/mol. The van der Waals surface area contributed by atoms with Gasteiger partial charge in [0.2, 0.25) is 21.8 Å². The van der Waals surface area contributed by atoms with E-state index in [1.54, 1.807) is 18.5 Å². The van der Waals surface area contributed by atoms with Crippen molar-refractivity contribution >= 4 is 38.2 Å². The molecule has 1 fully saturated rings. The number of H-pyrrole nitrogens is 1. The minimum absolute atomic E-state index is 0.0512. The lowest BCUT2D eigenvalue weighted by molar-refractivity contribution is -0.0721. The Balaban J connectivity index is 1.49. The number of pyridine rings is 1. The fourth-order valence-corrected chi connectivity index (χ4v) is 5.06. The second-order valence-corrected chi connectivity index (χ2v) is 10.9. The first kappa shape index (κ1) is 23.7. The maximum atomic E-state index is 11.7. The summed E-state index contributed by atoms with van der Waals surface area (Å²) in [5.74, 6) is 0.871. The zero-order valence-electron chi connectivity index (χ0n) is 19.3. The predicted octanol–water partition coefficient (Wildman–Crippen LogP) is 3.31. The molecule has 2 atom stereocenters.